The van der Waals surface area contributed by atoms with E-state index in [0.29, 0.717) is 11.3 Å². The van der Waals surface area contributed by atoms with Crippen LogP contribution in [0.25, 0.3) is 0 Å². The molecule has 1 atom stereocenters. The van der Waals surface area contributed by atoms with Gasteiger partial charge in [0.05, 0.1) is 0 Å². The fourth-order valence-electron chi connectivity index (χ4n) is 2.05. The molecule has 0 saturated carbocycles. The van der Waals surface area contributed by atoms with Crippen molar-refractivity contribution in [3.63, 3.8) is 0 Å². The van der Waals surface area contributed by atoms with Crippen LogP contribution in [0.15, 0.2) is 54.6 Å². The van der Waals surface area contributed by atoms with Gasteiger partial charge in [-0.3, -0.25) is 4.79 Å². The first-order valence-corrected chi connectivity index (χ1v) is 6.92. The molecule has 0 fully saturated rings. The van der Waals surface area contributed by atoms with Crippen molar-refractivity contribution in [3.05, 3.63) is 65.7 Å². The van der Waals surface area contributed by atoms with Gasteiger partial charge in [-0.25, -0.2) is 0 Å². The van der Waals surface area contributed by atoms with Crippen LogP contribution in [0, 0.1) is 0 Å². The molecule has 0 aromatic heterocycles. The minimum Gasteiger partial charge on any atom is -0.491 e. The van der Waals surface area contributed by atoms with Gasteiger partial charge in [-0.2, -0.15) is 0 Å². The molecule has 0 heterocycles. The molecule has 0 aliphatic rings. The molecule has 0 radical (unpaired) electrons. The van der Waals surface area contributed by atoms with Gasteiger partial charge in [0.1, 0.15) is 12.4 Å². The van der Waals surface area contributed by atoms with E-state index in [9.17, 15) is 4.79 Å². The second-order valence-corrected chi connectivity index (χ2v) is 4.99. The summed E-state index contributed by atoms with van der Waals surface area (Å²) in [5.41, 5.74) is 12.2. The number of ether oxygens (including phenoxy) is 1. The normalized spacial score (nSPS) is 13.4. The van der Waals surface area contributed by atoms with Gasteiger partial charge in [0.15, 0.2) is 5.54 Å². The Hall–Kier alpha value is -2.33. The minimum atomic E-state index is -1.34. The fourth-order valence-corrected chi connectivity index (χ4v) is 2.05. The van der Waals surface area contributed by atoms with Crippen LogP contribution in [0.3, 0.4) is 0 Å². The number of nitrogens with two attached hydrogens (primary N) is 2. The monoisotopic (exact) mass is 284 g/mol. The van der Waals surface area contributed by atoms with Crippen molar-refractivity contribution < 1.29 is 9.53 Å². The SMILES string of the molecule is CCc1ccc(OCC(N)(C(N)=O)c2ccccc2)cc1. The van der Waals surface area contributed by atoms with E-state index in [1.807, 2.05) is 42.5 Å². The summed E-state index contributed by atoms with van der Waals surface area (Å²) >= 11 is 0. The highest BCUT2D eigenvalue weighted by Gasteiger charge is 2.35. The molecule has 0 aliphatic heterocycles. The molecule has 1 amide bonds. The second-order valence-electron chi connectivity index (χ2n) is 4.99. The van der Waals surface area contributed by atoms with Gasteiger partial charge in [0, 0.05) is 0 Å². The molecular formula is C17H20N2O2. The first-order valence-electron chi connectivity index (χ1n) is 6.92. The number of carbonyl (C=O) groups is 1. The summed E-state index contributed by atoms with van der Waals surface area (Å²) in [6.45, 7) is 2.08. The number of primary amides is 1. The summed E-state index contributed by atoms with van der Waals surface area (Å²) in [7, 11) is 0. The Morgan fingerprint density at radius 1 is 1.10 bits per heavy atom. The van der Waals surface area contributed by atoms with Crippen LogP contribution in [-0.4, -0.2) is 12.5 Å². The number of aryl methyl sites for hydroxylation is 1. The van der Waals surface area contributed by atoms with Crippen molar-refractivity contribution >= 4 is 5.91 Å². The Balaban J connectivity index is 2.15. The number of hydrogen-bond acceptors (Lipinski definition) is 3. The van der Waals surface area contributed by atoms with Gasteiger partial charge >= 0.3 is 0 Å². The van der Waals surface area contributed by atoms with E-state index in [0.717, 1.165) is 6.42 Å². The van der Waals surface area contributed by atoms with Crippen molar-refractivity contribution in [1.82, 2.24) is 0 Å². The van der Waals surface area contributed by atoms with E-state index in [4.69, 9.17) is 16.2 Å². The molecule has 0 aliphatic carbocycles. The van der Waals surface area contributed by atoms with Gasteiger partial charge in [0.2, 0.25) is 5.91 Å². The summed E-state index contributed by atoms with van der Waals surface area (Å²) in [6.07, 6.45) is 0.965. The Morgan fingerprint density at radius 2 is 1.71 bits per heavy atom. The average molecular weight is 284 g/mol. The van der Waals surface area contributed by atoms with Crippen LogP contribution in [0.2, 0.25) is 0 Å². The topological polar surface area (TPSA) is 78.3 Å². The van der Waals surface area contributed by atoms with E-state index < -0.39 is 11.4 Å². The summed E-state index contributed by atoms with van der Waals surface area (Å²) in [5.74, 6) is 0.0538. The molecule has 1 unspecified atom stereocenters. The van der Waals surface area contributed by atoms with Gasteiger partial charge in [-0.1, -0.05) is 49.4 Å². The number of amides is 1. The van der Waals surface area contributed by atoms with Crippen molar-refractivity contribution in [2.45, 2.75) is 18.9 Å². The van der Waals surface area contributed by atoms with E-state index in [1.165, 1.54) is 5.56 Å². The summed E-state index contributed by atoms with van der Waals surface area (Å²) in [5, 5.41) is 0. The Bertz CT molecular complexity index is 596. The Labute approximate surface area is 124 Å². The molecule has 110 valence electrons. The molecule has 2 rings (SSSR count). The first kappa shape index (κ1) is 15.1. The second kappa shape index (κ2) is 6.41. The molecule has 21 heavy (non-hydrogen) atoms. The predicted octanol–water partition coefficient (Wildman–Crippen LogP) is 1.97. The molecule has 0 saturated heterocycles. The van der Waals surface area contributed by atoms with Gasteiger partial charge in [-0.15, -0.1) is 0 Å². The maximum atomic E-state index is 11.8. The van der Waals surface area contributed by atoms with Crippen LogP contribution in [0.4, 0.5) is 0 Å². The highest BCUT2D eigenvalue weighted by molar-refractivity contribution is 5.86. The molecule has 2 aromatic rings. The molecule has 4 heteroatoms. The molecule has 4 N–H and O–H groups in total. The van der Waals surface area contributed by atoms with Crippen LogP contribution in [0.1, 0.15) is 18.1 Å². The highest BCUT2D eigenvalue weighted by atomic mass is 16.5. The van der Waals surface area contributed by atoms with E-state index in [-0.39, 0.29) is 6.61 Å². The lowest BCUT2D eigenvalue weighted by atomic mass is 9.91. The molecule has 2 aromatic carbocycles. The van der Waals surface area contributed by atoms with E-state index >= 15 is 0 Å². The lowest BCUT2D eigenvalue weighted by Gasteiger charge is -2.26. The summed E-state index contributed by atoms with van der Waals surface area (Å²) in [6, 6.07) is 16.7. The quantitative estimate of drug-likeness (QED) is 0.851. The van der Waals surface area contributed by atoms with Crippen molar-refractivity contribution in [3.8, 4) is 5.75 Å². The van der Waals surface area contributed by atoms with Gasteiger partial charge in [0.25, 0.3) is 0 Å². The molecule has 4 nitrogen and oxygen atoms in total. The molecule has 0 bridgehead atoms. The predicted molar refractivity (Wildman–Crippen MR) is 82.8 cm³/mol. The van der Waals surface area contributed by atoms with Crippen LogP contribution < -0.4 is 16.2 Å². The first-order chi connectivity index (χ1) is 10.1. The summed E-state index contributed by atoms with van der Waals surface area (Å²) < 4.78 is 5.66. The zero-order chi connectivity index (χ0) is 15.3. The number of hydrogen-bond donors (Lipinski definition) is 2. The van der Waals surface area contributed by atoms with Crippen LogP contribution in [0.5, 0.6) is 5.75 Å². The molecule has 0 spiro atoms. The smallest absolute Gasteiger partial charge is 0.245 e. The van der Waals surface area contributed by atoms with E-state index in [2.05, 4.69) is 6.92 Å². The van der Waals surface area contributed by atoms with Crippen molar-refractivity contribution in [2.75, 3.05) is 6.61 Å². The maximum absolute atomic E-state index is 11.8. The zero-order valence-corrected chi connectivity index (χ0v) is 12.1. The number of benzene rings is 2. The minimum absolute atomic E-state index is 0.00216. The standard InChI is InChI=1S/C17H20N2O2/c1-2-13-8-10-15(11-9-13)21-12-17(19,16(18)20)14-6-4-3-5-7-14/h3-11H,2,12,19H2,1H3,(H2,18,20). The summed E-state index contributed by atoms with van der Waals surface area (Å²) in [4.78, 5) is 11.8. The van der Waals surface area contributed by atoms with Crippen LogP contribution >= 0.6 is 0 Å². The van der Waals surface area contributed by atoms with Crippen molar-refractivity contribution in [1.29, 1.82) is 0 Å². The Morgan fingerprint density at radius 3 is 2.24 bits per heavy atom. The van der Waals surface area contributed by atoms with Gasteiger partial charge < -0.3 is 16.2 Å². The Kier molecular flexibility index (Phi) is 4.60. The third kappa shape index (κ3) is 3.41. The molecular weight excluding hydrogens is 264 g/mol. The van der Waals surface area contributed by atoms with Crippen LogP contribution in [-0.2, 0) is 16.8 Å². The lowest BCUT2D eigenvalue weighted by molar-refractivity contribution is -0.124. The van der Waals surface area contributed by atoms with Crippen molar-refractivity contribution in [2.24, 2.45) is 11.5 Å². The number of carbonyl (C=O) groups excluding carboxylic acids is 1. The maximum Gasteiger partial charge on any atom is 0.245 e. The third-order valence-corrected chi connectivity index (χ3v) is 3.53. The van der Waals surface area contributed by atoms with Gasteiger partial charge in [-0.05, 0) is 29.7 Å². The fraction of sp³-hybridized carbons (Fsp3) is 0.235. The lowest BCUT2D eigenvalue weighted by Crippen LogP contribution is -2.53. The average Bonchev–Trinajstić information content (AvgIpc) is 2.53. The highest BCUT2D eigenvalue weighted by Crippen LogP contribution is 2.21. The van der Waals surface area contributed by atoms with E-state index in [1.54, 1.807) is 12.1 Å². The largest absolute Gasteiger partial charge is 0.491 e. The number of rotatable bonds is 6. The third-order valence-electron chi connectivity index (χ3n) is 3.53. The zero-order valence-electron chi connectivity index (χ0n) is 12.1.